The van der Waals surface area contributed by atoms with Crippen molar-refractivity contribution in [3.8, 4) is 11.5 Å². The Kier molecular flexibility index (Phi) is 3.31. The van der Waals surface area contributed by atoms with Gasteiger partial charge in [-0.15, -0.1) is 0 Å². The van der Waals surface area contributed by atoms with E-state index in [9.17, 15) is 4.79 Å². The number of benzene rings is 1. The maximum absolute atomic E-state index is 12.7. The molecule has 4 rings (SSSR count). The van der Waals surface area contributed by atoms with E-state index in [1.165, 1.54) is 0 Å². The van der Waals surface area contributed by atoms with Crippen molar-refractivity contribution in [1.29, 1.82) is 0 Å². The third kappa shape index (κ3) is 2.25. The number of carbonyl (C=O) groups is 1. The van der Waals surface area contributed by atoms with Gasteiger partial charge < -0.3 is 19.7 Å². The van der Waals surface area contributed by atoms with Gasteiger partial charge in [-0.1, -0.05) is 0 Å². The number of carbonyl (C=O) groups excluding carboxylic acids is 1. The van der Waals surface area contributed by atoms with Crippen molar-refractivity contribution in [3.05, 3.63) is 30.1 Å². The molecule has 1 aromatic carbocycles. The first-order chi connectivity index (χ1) is 10.8. The second-order valence-electron chi connectivity index (χ2n) is 5.42. The van der Waals surface area contributed by atoms with E-state index < -0.39 is 0 Å². The fourth-order valence-corrected chi connectivity index (χ4v) is 2.90. The molecule has 2 aliphatic heterocycles. The average molecular weight is 299 g/mol. The van der Waals surface area contributed by atoms with Crippen molar-refractivity contribution in [2.45, 2.75) is 0 Å². The third-order valence-corrected chi connectivity index (χ3v) is 4.03. The van der Waals surface area contributed by atoms with Crippen LogP contribution in [0.5, 0.6) is 11.5 Å². The summed E-state index contributed by atoms with van der Waals surface area (Å²) in [4.78, 5) is 18.9. The molecule has 2 aliphatic rings. The number of hydrogen-bond donors (Lipinski definition) is 1. The minimum Gasteiger partial charge on any atom is -0.486 e. The molecule has 1 amide bonds. The number of pyridine rings is 1. The predicted octanol–water partition coefficient (Wildman–Crippen LogP) is 1.05. The molecule has 0 aliphatic carbocycles. The summed E-state index contributed by atoms with van der Waals surface area (Å²) in [6.45, 7) is 4.14. The molecule has 0 radical (unpaired) electrons. The molecule has 22 heavy (non-hydrogen) atoms. The van der Waals surface area contributed by atoms with Gasteiger partial charge in [0.2, 0.25) is 0 Å². The van der Waals surface area contributed by atoms with E-state index in [0.29, 0.717) is 37.7 Å². The van der Waals surface area contributed by atoms with Crippen molar-refractivity contribution < 1.29 is 14.3 Å². The maximum Gasteiger partial charge on any atom is 0.273 e. The lowest BCUT2D eigenvalue weighted by molar-refractivity contribution is 0.0732. The summed E-state index contributed by atoms with van der Waals surface area (Å²) < 4.78 is 11.2. The van der Waals surface area contributed by atoms with Crippen LogP contribution in [0, 0.1) is 0 Å². The summed E-state index contributed by atoms with van der Waals surface area (Å²) in [5.41, 5.74) is 0.483. The number of rotatable bonds is 1. The minimum absolute atomic E-state index is 0.0243. The summed E-state index contributed by atoms with van der Waals surface area (Å²) in [5, 5.41) is 5.01. The third-order valence-electron chi connectivity index (χ3n) is 4.03. The van der Waals surface area contributed by atoms with Gasteiger partial charge in [-0.05, 0) is 23.6 Å². The van der Waals surface area contributed by atoms with E-state index in [-0.39, 0.29) is 5.91 Å². The van der Waals surface area contributed by atoms with Crippen LogP contribution in [0.1, 0.15) is 10.5 Å². The van der Waals surface area contributed by atoms with E-state index in [0.717, 1.165) is 29.6 Å². The van der Waals surface area contributed by atoms with Crippen molar-refractivity contribution in [1.82, 2.24) is 15.2 Å². The van der Waals surface area contributed by atoms with Gasteiger partial charge in [-0.25, -0.2) is 0 Å². The van der Waals surface area contributed by atoms with Crippen LogP contribution >= 0.6 is 0 Å². The molecule has 0 bridgehead atoms. The standard InChI is InChI=1S/C16H17N3O3/c20-16(19-5-3-17-4-6-19)15-12-10-14-13(21-7-8-22-14)9-11(12)1-2-18-15/h1-2,9-10,17H,3-8H2. The number of hydrogen-bond acceptors (Lipinski definition) is 5. The van der Waals surface area contributed by atoms with Crippen LogP contribution in [0.15, 0.2) is 24.4 Å². The van der Waals surface area contributed by atoms with Crippen LogP contribution in [0.2, 0.25) is 0 Å². The second kappa shape index (κ2) is 5.46. The zero-order valence-corrected chi connectivity index (χ0v) is 12.2. The summed E-state index contributed by atoms with van der Waals surface area (Å²) in [6, 6.07) is 5.68. The Bertz CT molecular complexity index is 726. The van der Waals surface area contributed by atoms with Gasteiger partial charge in [0.1, 0.15) is 18.9 Å². The number of nitrogens with zero attached hydrogens (tertiary/aromatic N) is 2. The lowest BCUT2D eigenvalue weighted by Crippen LogP contribution is -2.46. The summed E-state index contributed by atoms with van der Waals surface area (Å²) >= 11 is 0. The molecule has 1 aromatic heterocycles. The first-order valence-corrected chi connectivity index (χ1v) is 7.51. The number of aromatic nitrogens is 1. The maximum atomic E-state index is 12.7. The Morgan fingerprint density at radius 2 is 1.86 bits per heavy atom. The number of amides is 1. The molecule has 2 aromatic rings. The highest BCUT2D eigenvalue weighted by molar-refractivity contribution is 6.06. The predicted molar refractivity (Wildman–Crippen MR) is 81.5 cm³/mol. The lowest BCUT2D eigenvalue weighted by Gasteiger charge is -2.27. The molecular formula is C16H17N3O3. The Hall–Kier alpha value is -2.34. The topological polar surface area (TPSA) is 63.7 Å². The average Bonchev–Trinajstić information content (AvgIpc) is 2.59. The quantitative estimate of drug-likeness (QED) is 0.853. The molecule has 0 atom stereocenters. The fraction of sp³-hybridized carbons (Fsp3) is 0.375. The number of fused-ring (bicyclic) bond motifs is 2. The van der Waals surface area contributed by atoms with Gasteiger partial charge in [-0.3, -0.25) is 9.78 Å². The van der Waals surface area contributed by atoms with E-state index in [4.69, 9.17) is 9.47 Å². The smallest absolute Gasteiger partial charge is 0.273 e. The zero-order valence-electron chi connectivity index (χ0n) is 12.2. The molecule has 1 N–H and O–H groups in total. The van der Waals surface area contributed by atoms with Gasteiger partial charge in [0.05, 0.1) is 0 Å². The zero-order chi connectivity index (χ0) is 14.9. The van der Waals surface area contributed by atoms with Gasteiger partial charge >= 0.3 is 0 Å². The Morgan fingerprint density at radius 3 is 2.64 bits per heavy atom. The molecule has 114 valence electrons. The molecule has 0 unspecified atom stereocenters. The van der Waals surface area contributed by atoms with Crippen LogP contribution in [0.25, 0.3) is 10.8 Å². The molecule has 6 nitrogen and oxygen atoms in total. The fourth-order valence-electron chi connectivity index (χ4n) is 2.90. The Balaban J connectivity index is 1.78. The van der Waals surface area contributed by atoms with Crippen LogP contribution in [0.4, 0.5) is 0 Å². The van der Waals surface area contributed by atoms with E-state index in [1.54, 1.807) is 6.20 Å². The number of ether oxygens (including phenoxy) is 2. The molecule has 6 heteroatoms. The van der Waals surface area contributed by atoms with E-state index in [1.807, 2.05) is 23.1 Å². The van der Waals surface area contributed by atoms with Gasteiger partial charge in [-0.2, -0.15) is 0 Å². The molecule has 1 fully saturated rings. The van der Waals surface area contributed by atoms with Crippen molar-refractivity contribution in [2.24, 2.45) is 0 Å². The molecule has 3 heterocycles. The SMILES string of the molecule is O=C(c1nccc2cc3c(cc12)OCCO3)N1CCNCC1. The lowest BCUT2D eigenvalue weighted by atomic mass is 10.1. The van der Waals surface area contributed by atoms with Crippen LogP contribution in [0.3, 0.4) is 0 Å². The highest BCUT2D eigenvalue weighted by Crippen LogP contribution is 2.35. The van der Waals surface area contributed by atoms with Crippen molar-refractivity contribution in [2.75, 3.05) is 39.4 Å². The largest absolute Gasteiger partial charge is 0.486 e. The highest BCUT2D eigenvalue weighted by atomic mass is 16.6. The highest BCUT2D eigenvalue weighted by Gasteiger charge is 2.22. The number of nitrogens with one attached hydrogen (secondary N) is 1. The molecular weight excluding hydrogens is 282 g/mol. The molecule has 0 saturated carbocycles. The number of piperazine rings is 1. The first-order valence-electron chi connectivity index (χ1n) is 7.51. The molecule has 1 saturated heterocycles. The Morgan fingerprint density at radius 1 is 1.14 bits per heavy atom. The summed E-state index contributed by atoms with van der Waals surface area (Å²) in [6.07, 6.45) is 1.67. The van der Waals surface area contributed by atoms with Gasteiger partial charge in [0, 0.05) is 37.8 Å². The van der Waals surface area contributed by atoms with E-state index in [2.05, 4.69) is 10.3 Å². The monoisotopic (exact) mass is 299 g/mol. The van der Waals surface area contributed by atoms with Gasteiger partial charge in [0.25, 0.3) is 5.91 Å². The first kappa shape index (κ1) is 13.3. The van der Waals surface area contributed by atoms with Gasteiger partial charge in [0.15, 0.2) is 11.5 Å². The Labute approximate surface area is 128 Å². The summed E-state index contributed by atoms with van der Waals surface area (Å²) in [5.74, 6) is 1.38. The molecule has 0 spiro atoms. The van der Waals surface area contributed by atoms with E-state index >= 15 is 0 Å². The second-order valence-corrected chi connectivity index (χ2v) is 5.42. The van der Waals surface area contributed by atoms with Crippen LogP contribution in [-0.4, -0.2) is 55.2 Å². The van der Waals surface area contributed by atoms with Crippen LogP contribution in [-0.2, 0) is 0 Å². The van der Waals surface area contributed by atoms with Crippen molar-refractivity contribution >= 4 is 16.7 Å². The normalized spacial score (nSPS) is 17.5. The summed E-state index contributed by atoms with van der Waals surface area (Å²) in [7, 11) is 0. The van der Waals surface area contributed by atoms with Crippen LogP contribution < -0.4 is 14.8 Å². The van der Waals surface area contributed by atoms with Crippen molar-refractivity contribution in [3.63, 3.8) is 0 Å². The minimum atomic E-state index is -0.0243.